The second kappa shape index (κ2) is 8.37. The van der Waals surface area contributed by atoms with Gasteiger partial charge < -0.3 is 4.74 Å². The van der Waals surface area contributed by atoms with Crippen molar-refractivity contribution in [1.82, 2.24) is 4.90 Å². The van der Waals surface area contributed by atoms with E-state index in [-0.39, 0.29) is 0 Å². The molecule has 0 N–H and O–H groups in total. The van der Waals surface area contributed by atoms with Gasteiger partial charge in [-0.1, -0.05) is 23.4 Å². The van der Waals surface area contributed by atoms with E-state index in [1.165, 1.54) is 27.6 Å². The van der Waals surface area contributed by atoms with Gasteiger partial charge in [0.25, 0.3) is 0 Å². The molecular weight excluding hydrogens is 334 g/mol. The van der Waals surface area contributed by atoms with Crippen molar-refractivity contribution in [2.45, 2.75) is 21.9 Å². The van der Waals surface area contributed by atoms with Gasteiger partial charge in [0.2, 0.25) is 0 Å². The standard InChI is InChI=1S/C17H20ClNOS2/c18-15-3-5-16(6-4-15)22-17-14(7-13-21-17)2-1-8-19-9-11-20-12-10-19/h3-7,13H,1-2,8-12H2. The third-order valence-corrected chi connectivity index (χ3v) is 6.25. The molecule has 22 heavy (non-hydrogen) atoms. The third kappa shape index (κ3) is 4.74. The van der Waals surface area contributed by atoms with E-state index >= 15 is 0 Å². The molecule has 0 atom stereocenters. The van der Waals surface area contributed by atoms with Crippen LogP contribution in [0.4, 0.5) is 0 Å². The normalized spacial score (nSPS) is 16.0. The van der Waals surface area contributed by atoms with Crippen LogP contribution in [-0.2, 0) is 11.2 Å². The highest BCUT2D eigenvalue weighted by atomic mass is 35.5. The summed E-state index contributed by atoms with van der Waals surface area (Å²) < 4.78 is 6.80. The summed E-state index contributed by atoms with van der Waals surface area (Å²) in [6.07, 6.45) is 2.36. The van der Waals surface area contributed by atoms with Gasteiger partial charge in [-0.25, -0.2) is 0 Å². The van der Waals surface area contributed by atoms with Crippen LogP contribution in [0.25, 0.3) is 0 Å². The van der Waals surface area contributed by atoms with Crippen molar-refractivity contribution in [3.05, 3.63) is 46.3 Å². The van der Waals surface area contributed by atoms with Crippen molar-refractivity contribution in [2.24, 2.45) is 0 Å². The monoisotopic (exact) mass is 353 g/mol. The summed E-state index contributed by atoms with van der Waals surface area (Å²) in [6, 6.07) is 10.3. The van der Waals surface area contributed by atoms with Crippen LogP contribution in [0.3, 0.4) is 0 Å². The van der Waals surface area contributed by atoms with Gasteiger partial charge in [-0.2, -0.15) is 0 Å². The van der Waals surface area contributed by atoms with Crippen LogP contribution < -0.4 is 0 Å². The molecule has 2 heterocycles. The number of aryl methyl sites for hydroxylation is 1. The molecular formula is C17H20ClNOS2. The van der Waals surface area contributed by atoms with Crippen molar-refractivity contribution >= 4 is 34.7 Å². The molecule has 0 aliphatic carbocycles. The first-order valence-electron chi connectivity index (χ1n) is 7.61. The lowest BCUT2D eigenvalue weighted by atomic mass is 10.2. The Morgan fingerprint density at radius 2 is 1.91 bits per heavy atom. The minimum absolute atomic E-state index is 0.793. The molecule has 118 valence electrons. The second-order valence-electron chi connectivity index (χ2n) is 5.35. The van der Waals surface area contributed by atoms with Gasteiger partial charge in [0.1, 0.15) is 0 Å². The molecule has 1 saturated heterocycles. The predicted molar refractivity (Wildman–Crippen MR) is 95.5 cm³/mol. The van der Waals surface area contributed by atoms with Crippen molar-refractivity contribution in [3.8, 4) is 0 Å². The van der Waals surface area contributed by atoms with E-state index < -0.39 is 0 Å². The molecule has 0 spiro atoms. The topological polar surface area (TPSA) is 12.5 Å². The fraction of sp³-hybridized carbons (Fsp3) is 0.412. The van der Waals surface area contributed by atoms with Crippen LogP contribution in [0.5, 0.6) is 0 Å². The highest BCUT2D eigenvalue weighted by Crippen LogP contribution is 2.35. The van der Waals surface area contributed by atoms with Gasteiger partial charge in [-0.05, 0) is 60.7 Å². The quantitative estimate of drug-likeness (QED) is 0.738. The van der Waals surface area contributed by atoms with Crippen molar-refractivity contribution in [1.29, 1.82) is 0 Å². The second-order valence-corrected chi connectivity index (χ2v) is 8.04. The smallest absolute Gasteiger partial charge is 0.0678 e. The van der Waals surface area contributed by atoms with Crippen molar-refractivity contribution in [2.75, 3.05) is 32.8 Å². The highest BCUT2D eigenvalue weighted by Gasteiger charge is 2.11. The van der Waals surface area contributed by atoms with Crippen LogP contribution >= 0.6 is 34.7 Å². The minimum Gasteiger partial charge on any atom is -0.379 e. The fourth-order valence-electron chi connectivity index (χ4n) is 2.52. The molecule has 2 aromatic rings. The summed E-state index contributed by atoms with van der Waals surface area (Å²) >= 11 is 9.62. The van der Waals surface area contributed by atoms with Crippen LogP contribution in [0.15, 0.2) is 44.8 Å². The molecule has 0 unspecified atom stereocenters. The van der Waals surface area contributed by atoms with Gasteiger partial charge in [0.05, 0.1) is 17.4 Å². The number of hydrogen-bond acceptors (Lipinski definition) is 4. The maximum atomic E-state index is 5.95. The summed E-state index contributed by atoms with van der Waals surface area (Å²) in [7, 11) is 0. The number of ether oxygens (including phenoxy) is 1. The number of hydrogen-bond donors (Lipinski definition) is 0. The van der Waals surface area contributed by atoms with Gasteiger partial charge in [-0.3, -0.25) is 4.90 Å². The van der Waals surface area contributed by atoms with Gasteiger partial charge in [0.15, 0.2) is 0 Å². The summed E-state index contributed by atoms with van der Waals surface area (Å²) in [4.78, 5) is 3.75. The Morgan fingerprint density at radius 3 is 2.68 bits per heavy atom. The van der Waals surface area contributed by atoms with Gasteiger partial charge >= 0.3 is 0 Å². The van der Waals surface area contributed by atoms with E-state index in [0.29, 0.717) is 0 Å². The van der Waals surface area contributed by atoms with E-state index in [9.17, 15) is 0 Å². The van der Waals surface area contributed by atoms with E-state index in [4.69, 9.17) is 16.3 Å². The van der Waals surface area contributed by atoms with Gasteiger partial charge in [0, 0.05) is 23.0 Å². The molecule has 1 aliphatic heterocycles. The van der Waals surface area contributed by atoms with E-state index in [1.807, 2.05) is 35.2 Å². The number of rotatable bonds is 6. The first-order chi connectivity index (χ1) is 10.8. The summed E-state index contributed by atoms with van der Waals surface area (Å²) in [5, 5.41) is 2.99. The molecule has 0 amide bonds. The average molecular weight is 354 g/mol. The van der Waals surface area contributed by atoms with E-state index in [2.05, 4.69) is 28.5 Å². The zero-order valence-electron chi connectivity index (χ0n) is 12.5. The summed E-state index contributed by atoms with van der Waals surface area (Å²) in [5.74, 6) is 0. The van der Waals surface area contributed by atoms with Crippen LogP contribution in [-0.4, -0.2) is 37.7 Å². The zero-order chi connectivity index (χ0) is 15.2. The van der Waals surface area contributed by atoms with Crippen LogP contribution in [0, 0.1) is 0 Å². The Morgan fingerprint density at radius 1 is 1.14 bits per heavy atom. The Bertz CT molecular complexity index is 579. The molecule has 5 heteroatoms. The highest BCUT2D eigenvalue weighted by molar-refractivity contribution is 8.01. The Labute approximate surface area is 145 Å². The maximum absolute atomic E-state index is 5.95. The Balaban J connectivity index is 1.52. The lowest BCUT2D eigenvalue weighted by Crippen LogP contribution is -2.36. The maximum Gasteiger partial charge on any atom is 0.0678 e. The number of halogens is 1. The number of nitrogens with zero attached hydrogens (tertiary/aromatic N) is 1. The summed E-state index contributed by atoms with van der Waals surface area (Å²) in [5.41, 5.74) is 1.47. The summed E-state index contributed by atoms with van der Waals surface area (Å²) in [6.45, 7) is 5.10. The number of thiophene rings is 1. The Hall–Kier alpha value is -0.520. The molecule has 3 rings (SSSR count). The molecule has 1 fully saturated rings. The number of benzene rings is 1. The molecule has 1 aromatic heterocycles. The van der Waals surface area contributed by atoms with Crippen LogP contribution in [0.1, 0.15) is 12.0 Å². The predicted octanol–water partition coefficient (Wildman–Crippen LogP) is 4.82. The first kappa shape index (κ1) is 16.3. The largest absolute Gasteiger partial charge is 0.379 e. The lowest BCUT2D eigenvalue weighted by molar-refractivity contribution is 0.0374. The third-order valence-electron chi connectivity index (χ3n) is 3.75. The van der Waals surface area contributed by atoms with E-state index in [0.717, 1.165) is 37.7 Å². The van der Waals surface area contributed by atoms with E-state index in [1.54, 1.807) is 0 Å². The molecule has 0 bridgehead atoms. The van der Waals surface area contributed by atoms with Crippen molar-refractivity contribution < 1.29 is 4.74 Å². The molecule has 0 saturated carbocycles. The SMILES string of the molecule is Clc1ccc(Sc2sccc2CCCN2CCOCC2)cc1. The molecule has 0 radical (unpaired) electrons. The van der Waals surface area contributed by atoms with Crippen LogP contribution in [0.2, 0.25) is 5.02 Å². The first-order valence-corrected chi connectivity index (χ1v) is 9.68. The van der Waals surface area contributed by atoms with Crippen molar-refractivity contribution in [3.63, 3.8) is 0 Å². The zero-order valence-corrected chi connectivity index (χ0v) is 14.9. The van der Waals surface area contributed by atoms with Gasteiger partial charge in [-0.15, -0.1) is 11.3 Å². The molecule has 1 aromatic carbocycles. The Kier molecular flexibility index (Phi) is 6.21. The average Bonchev–Trinajstić information content (AvgIpc) is 2.98. The fourth-order valence-corrected chi connectivity index (χ4v) is 4.76. The lowest BCUT2D eigenvalue weighted by Gasteiger charge is -2.26. The minimum atomic E-state index is 0.793. The molecule has 2 nitrogen and oxygen atoms in total. The molecule has 1 aliphatic rings. The number of morpholine rings is 1.